The van der Waals surface area contributed by atoms with Gasteiger partial charge in [-0.2, -0.15) is 0 Å². The Bertz CT molecular complexity index is 347. The number of thioether (sulfide) groups is 1. The van der Waals surface area contributed by atoms with Crippen molar-refractivity contribution in [3.05, 3.63) is 35.9 Å². The SMILES string of the molecule is CSc1cccc(C=CCC(N)=O)c1. The van der Waals surface area contributed by atoms with E-state index in [-0.39, 0.29) is 5.91 Å². The Hall–Kier alpha value is -1.22. The lowest BCUT2D eigenvalue weighted by molar-refractivity contribution is -0.117. The molecule has 0 bridgehead atoms. The molecule has 0 radical (unpaired) electrons. The first-order valence-corrected chi connectivity index (χ1v) is 5.54. The van der Waals surface area contributed by atoms with Gasteiger partial charge in [0.2, 0.25) is 5.91 Å². The third-order valence-corrected chi connectivity index (χ3v) is 2.45. The molecule has 14 heavy (non-hydrogen) atoms. The van der Waals surface area contributed by atoms with Crippen molar-refractivity contribution in [2.24, 2.45) is 5.73 Å². The van der Waals surface area contributed by atoms with Crippen molar-refractivity contribution in [1.29, 1.82) is 0 Å². The van der Waals surface area contributed by atoms with Gasteiger partial charge in [-0.25, -0.2) is 0 Å². The second kappa shape index (κ2) is 5.50. The zero-order valence-electron chi connectivity index (χ0n) is 8.07. The summed E-state index contributed by atoms with van der Waals surface area (Å²) in [6.07, 6.45) is 6.02. The van der Waals surface area contributed by atoms with Gasteiger partial charge in [0.15, 0.2) is 0 Å². The molecule has 0 fully saturated rings. The van der Waals surface area contributed by atoms with Gasteiger partial charge in [0, 0.05) is 11.3 Å². The number of primary amides is 1. The highest BCUT2D eigenvalue weighted by molar-refractivity contribution is 7.98. The van der Waals surface area contributed by atoms with Crippen molar-refractivity contribution in [2.45, 2.75) is 11.3 Å². The van der Waals surface area contributed by atoms with Crippen LogP contribution in [0.2, 0.25) is 0 Å². The van der Waals surface area contributed by atoms with Gasteiger partial charge in [0.25, 0.3) is 0 Å². The maximum Gasteiger partial charge on any atom is 0.221 e. The highest BCUT2D eigenvalue weighted by Crippen LogP contribution is 2.16. The summed E-state index contributed by atoms with van der Waals surface area (Å²) in [5.41, 5.74) is 6.11. The lowest BCUT2D eigenvalue weighted by atomic mass is 10.2. The Morgan fingerprint density at radius 1 is 1.57 bits per heavy atom. The summed E-state index contributed by atoms with van der Waals surface area (Å²) in [6, 6.07) is 8.12. The molecule has 0 aliphatic carbocycles. The molecule has 0 spiro atoms. The quantitative estimate of drug-likeness (QED) is 0.770. The van der Waals surface area contributed by atoms with E-state index in [9.17, 15) is 4.79 Å². The molecule has 1 amide bonds. The summed E-state index contributed by atoms with van der Waals surface area (Å²) >= 11 is 1.70. The van der Waals surface area contributed by atoms with Gasteiger partial charge in [-0.3, -0.25) is 4.79 Å². The predicted molar refractivity (Wildman–Crippen MR) is 61.1 cm³/mol. The fourth-order valence-electron chi connectivity index (χ4n) is 1.06. The number of nitrogens with two attached hydrogens (primary N) is 1. The normalized spacial score (nSPS) is 10.6. The Morgan fingerprint density at radius 2 is 2.36 bits per heavy atom. The van der Waals surface area contributed by atoms with Gasteiger partial charge >= 0.3 is 0 Å². The minimum Gasteiger partial charge on any atom is -0.369 e. The van der Waals surface area contributed by atoms with Gasteiger partial charge in [-0.05, 0) is 24.0 Å². The first-order chi connectivity index (χ1) is 6.72. The van der Waals surface area contributed by atoms with Crippen LogP contribution in [0.15, 0.2) is 35.2 Å². The zero-order valence-corrected chi connectivity index (χ0v) is 8.88. The van der Waals surface area contributed by atoms with Crippen LogP contribution in [0, 0.1) is 0 Å². The van der Waals surface area contributed by atoms with E-state index in [0.717, 1.165) is 5.56 Å². The van der Waals surface area contributed by atoms with Crippen LogP contribution < -0.4 is 5.73 Å². The molecule has 0 aliphatic heterocycles. The van der Waals surface area contributed by atoms with Crippen molar-refractivity contribution in [3.63, 3.8) is 0 Å². The molecule has 1 aromatic rings. The van der Waals surface area contributed by atoms with Crippen LogP contribution in [0.5, 0.6) is 0 Å². The fraction of sp³-hybridized carbons (Fsp3) is 0.182. The Kier molecular flexibility index (Phi) is 4.26. The predicted octanol–water partition coefficient (Wildman–Crippen LogP) is 2.30. The minimum atomic E-state index is -0.303. The van der Waals surface area contributed by atoms with Gasteiger partial charge in [-0.1, -0.05) is 24.3 Å². The van der Waals surface area contributed by atoms with E-state index in [1.165, 1.54) is 4.90 Å². The molecule has 2 N–H and O–H groups in total. The van der Waals surface area contributed by atoms with Crippen LogP contribution in [-0.4, -0.2) is 12.2 Å². The maximum absolute atomic E-state index is 10.5. The summed E-state index contributed by atoms with van der Waals surface area (Å²) in [5, 5.41) is 0. The van der Waals surface area contributed by atoms with E-state index >= 15 is 0 Å². The van der Waals surface area contributed by atoms with E-state index in [1.807, 2.05) is 24.5 Å². The average molecular weight is 207 g/mol. The molecule has 0 unspecified atom stereocenters. The van der Waals surface area contributed by atoms with E-state index in [0.29, 0.717) is 6.42 Å². The number of amides is 1. The van der Waals surface area contributed by atoms with Crippen LogP contribution in [0.3, 0.4) is 0 Å². The van der Waals surface area contributed by atoms with E-state index in [4.69, 9.17) is 5.73 Å². The smallest absolute Gasteiger partial charge is 0.221 e. The highest BCUT2D eigenvalue weighted by Gasteiger charge is 1.91. The second-order valence-electron chi connectivity index (χ2n) is 2.85. The monoisotopic (exact) mass is 207 g/mol. The van der Waals surface area contributed by atoms with E-state index in [2.05, 4.69) is 12.1 Å². The maximum atomic E-state index is 10.5. The zero-order chi connectivity index (χ0) is 10.4. The summed E-state index contributed by atoms with van der Waals surface area (Å²) in [6.45, 7) is 0. The fourth-order valence-corrected chi connectivity index (χ4v) is 1.52. The topological polar surface area (TPSA) is 43.1 Å². The number of hydrogen-bond acceptors (Lipinski definition) is 2. The highest BCUT2D eigenvalue weighted by atomic mass is 32.2. The molecule has 1 rings (SSSR count). The second-order valence-corrected chi connectivity index (χ2v) is 3.73. The summed E-state index contributed by atoms with van der Waals surface area (Å²) < 4.78 is 0. The van der Waals surface area contributed by atoms with Crippen molar-refractivity contribution >= 4 is 23.7 Å². The summed E-state index contributed by atoms with van der Waals surface area (Å²) in [4.78, 5) is 11.7. The van der Waals surface area contributed by atoms with Crippen molar-refractivity contribution in [1.82, 2.24) is 0 Å². The molecular weight excluding hydrogens is 194 g/mol. The van der Waals surface area contributed by atoms with Crippen LogP contribution in [0.4, 0.5) is 0 Å². The number of hydrogen-bond donors (Lipinski definition) is 1. The molecule has 0 atom stereocenters. The summed E-state index contributed by atoms with van der Waals surface area (Å²) in [5.74, 6) is -0.303. The Labute approximate surface area is 88.2 Å². The van der Waals surface area contributed by atoms with Crippen LogP contribution in [-0.2, 0) is 4.79 Å². The minimum absolute atomic E-state index is 0.295. The van der Waals surface area contributed by atoms with Crippen molar-refractivity contribution in [2.75, 3.05) is 6.26 Å². The number of benzene rings is 1. The molecule has 0 heterocycles. The molecule has 0 aliphatic rings. The largest absolute Gasteiger partial charge is 0.369 e. The Morgan fingerprint density at radius 3 is 3.00 bits per heavy atom. The molecule has 74 valence electrons. The molecule has 2 nitrogen and oxygen atoms in total. The van der Waals surface area contributed by atoms with Crippen molar-refractivity contribution < 1.29 is 4.79 Å². The Balaban J connectivity index is 2.66. The lowest BCUT2D eigenvalue weighted by Crippen LogP contribution is -2.07. The van der Waals surface area contributed by atoms with E-state index < -0.39 is 0 Å². The molecule has 0 saturated heterocycles. The third kappa shape index (κ3) is 3.66. The van der Waals surface area contributed by atoms with Gasteiger partial charge in [0.1, 0.15) is 0 Å². The molecule has 0 saturated carbocycles. The molecule has 0 aromatic heterocycles. The lowest BCUT2D eigenvalue weighted by Gasteiger charge is -1.97. The van der Waals surface area contributed by atoms with Crippen molar-refractivity contribution in [3.8, 4) is 0 Å². The number of rotatable bonds is 4. The van der Waals surface area contributed by atoms with Gasteiger partial charge in [0.05, 0.1) is 0 Å². The molecule has 3 heteroatoms. The standard InChI is InChI=1S/C11H13NOS/c1-14-10-6-2-4-9(8-10)5-3-7-11(12)13/h2-6,8H,7H2,1H3,(H2,12,13). The van der Waals surface area contributed by atoms with Crippen LogP contribution >= 0.6 is 11.8 Å². The number of carbonyl (C=O) groups excluding carboxylic acids is 1. The van der Waals surface area contributed by atoms with Gasteiger partial charge in [-0.15, -0.1) is 11.8 Å². The number of carbonyl (C=O) groups is 1. The van der Waals surface area contributed by atoms with Gasteiger partial charge < -0.3 is 5.73 Å². The third-order valence-electron chi connectivity index (χ3n) is 1.72. The first-order valence-electron chi connectivity index (χ1n) is 4.31. The van der Waals surface area contributed by atoms with Crippen LogP contribution in [0.25, 0.3) is 6.08 Å². The molecular formula is C11H13NOS. The van der Waals surface area contributed by atoms with Crippen LogP contribution in [0.1, 0.15) is 12.0 Å². The first kappa shape index (κ1) is 10.9. The van der Waals surface area contributed by atoms with E-state index in [1.54, 1.807) is 17.8 Å². The average Bonchev–Trinajstić information content (AvgIpc) is 2.18. The molecule has 1 aromatic carbocycles. The summed E-state index contributed by atoms with van der Waals surface area (Å²) in [7, 11) is 0.